The summed E-state index contributed by atoms with van der Waals surface area (Å²) in [6, 6.07) is 0. The second-order valence-electron chi connectivity index (χ2n) is 18.1. The number of esters is 3. The highest BCUT2D eigenvalue weighted by Crippen LogP contribution is 2.13. The Bertz CT molecular complexity index is 1470. The van der Waals surface area contributed by atoms with E-state index in [0.717, 1.165) is 116 Å². The summed E-state index contributed by atoms with van der Waals surface area (Å²) >= 11 is 0. The van der Waals surface area contributed by atoms with Gasteiger partial charge in [-0.05, 0) is 122 Å². The molecule has 0 N–H and O–H groups in total. The van der Waals surface area contributed by atoms with Crippen LogP contribution < -0.4 is 0 Å². The van der Waals surface area contributed by atoms with Crippen molar-refractivity contribution in [3.05, 3.63) is 122 Å². The van der Waals surface area contributed by atoms with Crippen molar-refractivity contribution < 1.29 is 28.6 Å². The molecule has 1 atom stereocenters. The third kappa shape index (κ3) is 54.6. The van der Waals surface area contributed by atoms with Gasteiger partial charge in [0.15, 0.2) is 6.10 Å². The average Bonchev–Trinajstić information content (AvgIpc) is 3.35. The molecular weight excluding hydrogens is 853 g/mol. The molecule has 0 amide bonds. The lowest BCUT2D eigenvalue weighted by Gasteiger charge is -2.18. The molecule has 390 valence electrons. The van der Waals surface area contributed by atoms with Crippen molar-refractivity contribution in [3.63, 3.8) is 0 Å². The third-order valence-electron chi connectivity index (χ3n) is 11.4. The summed E-state index contributed by atoms with van der Waals surface area (Å²) < 4.78 is 16.8. The summed E-state index contributed by atoms with van der Waals surface area (Å²) in [5, 5.41) is 0. The van der Waals surface area contributed by atoms with Crippen LogP contribution in [0.25, 0.3) is 0 Å². The zero-order valence-corrected chi connectivity index (χ0v) is 44.5. The molecule has 6 heteroatoms. The first-order valence-electron chi connectivity index (χ1n) is 28.0. The van der Waals surface area contributed by atoms with Crippen LogP contribution in [0.2, 0.25) is 0 Å². The molecule has 0 fully saturated rings. The Balaban J connectivity index is 4.55. The molecule has 0 aliphatic heterocycles. The molecule has 0 aliphatic rings. The molecule has 0 rings (SSSR count). The van der Waals surface area contributed by atoms with E-state index in [1.54, 1.807) is 0 Å². The molecule has 0 bridgehead atoms. The van der Waals surface area contributed by atoms with Crippen LogP contribution in [0, 0.1) is 0 Å². The fourth-order valence-electron chi connectivity index (χ4n) is 7.23. The Morgan fingerprint density at radius 3 is 0.971 bits per heavy atom. The van der Waals surface area contributed by atoms with E-state index in [-0.39, 0.29) is 37.5 Å². The van der Waals surface area contributed by atoms with Crippen molar-refractivity contribution in [3.8, 4) is 0 Å². The maximum atomic E-state index is 12.8. The molecule has 0 aromatic heterocycles. The monoisotopic (exact) mass is 955 g/mol. The Morgan fingerprint density at radius 2 is 0.594 bits per heavy atom. The fraction of sp³-hybridized carbons (Fsp3) is 0.635. The topological polar surface area (TPSA) is 78.9 Å². The zero-order valence-electron chi connectivity index (χ0n) is 44.5. The van der Waals surface area contributed by atoms with E-state index in [2.05, 4.69) is 136 Å². The second-order valence-corrected chi connectivity index (χ2v) is 18.1. The number of rotatable bonds is 49. The Hall–Kier alpha value is -4.19. The summed E-state index contributed by atoms with van der Waals surface area (Å²) in [4.78, 5) is 38.1. The molecule has 6 nitrogen and oxygen atoms in total. The fourth-order valence-corrected chi connectivity index (χ4v) is 7.23. The summed E-state index contributed by atoms with van der Waals surface area (Å²) in [5.41, 5.74) is 0. The number of hydrogen-bond donors (Lipinski definition) is 0. The van der Waals surface area contributed by atoms with Crippen LogP contribution in [0.3, 0.4) is 0 Å². The van der Waals surface area contributed by atoms with E-state index >= 15 is 0 Å². The van der Waals surface area contributed by atoms with E-state index in [4.69, 9.17) is 14.2 Å². The maximum Gasteiger partial charge on any atom is 0.306 e. The zero-order chi connectivity index (χ0) is 50.0. The number of hydrogen-bond acceptors (Lipinski definition) is 6. The first-order chi connectivity index (χ1) is 34.0. The second kappa shape index (κ2) is 56.4. The number of carbonyl (C=O) groups is 3. The van der Waals surface area contributed by atoms with Gasteiger partial charge in [-0.2, -0.15) is 0 Å². The van der Waals surface area contributed by atoms with Gasteiger partial charge in [0.1, 0.15) is 13.2 Å². The molecule has 0 saturated carbocycles. The maximum absolute atomic E-state index is 12.8. The van der Waals surface area contributed by atoms with E-state index in [9.17, 15) is 14.4 Å². The highest BCUT2D eigenvalue weighted by molar-refractivity contribution is 5.71. The Kier molecular flexibility index (Phi) is 53.0. The number of ether oxygens (including phenoxy) is 3. The molecule has 0 aliphatic carbocycles. The van der Waals surface area contributed by atoms with Crippen LogP contribution in [0.5, 0.6) is 0 Å². The quantitative estimate of drug-likeness (QED) is 0.0262. The standard InChI is InChI=1S/C63H102O6/c1-4-7-10-13-16-19-22-25-28-30-31-33-35-38-41-44-47-50-53-56-62(65)68-59-60(58-67-61(64)55-52-49-46-43-40-37-34-27-24-21-18-15-12-9-6-3)69-63(66)57-54-51-48-45-42-39-36-32-29-26-23-20-17-14-11-8-5-2/h7,10,16-21,25-29,31,33-34,38,41,47,50,60H,4-6,8-9,11-15,22-24,30,32,35-37,39-40,42-46,48-49,51-59H2,1-3H3/b10-7-,19-16-,20-17-,21-18-,28-25-,29-26-,33-31-,34-27-,41-38-,50-47-. The van der Waals surface area contributed by atoms with E-state index in [1.165, 1.54) is 77.0 Å². The van der Waals surface area contributed by atoms with Crippen LogP contribution in [-0.2, 0) is 28.6 Å². The van der Waals surface area contributed by atoms with Crippen molar-refractivity contribution in [1.29, 1.82) is 0 Å². The van der Waals surface area contributed by atoms with Gasteiger partial charge < -0.3 is 14.2 Å². The lowest BCUT2D eigenvalue weighted by molar-refractivity contribution is -0.166. The van der Waals surface area contributed by atoms with E-state index in [1.807, 2.05) is 6.08 Å². The van der Waals surface area contributed by atoms with Crippen LogP contribution in [0.1, 0.15) is 239 Å². The van der Waals surface area contributed by atoms with Gasteiger partial charge in [-0.15, -0.1) is 0 Å². The number of allylic oxidation sites excluding steroid dienone is 20. The minimum atomic E-state index is -0.822. The van der Waals surface area contributed by atoms with Crippen LogP contribution in [0.4, 0.5) is 0 Å². The predicted octanol–water partition coefficient (Wildman–Crippen LogP) is 18.9. The highest BCUT2D eigenvalue weighted by Gasteiger charge is 2.19. The minimum Gasteiger partial charge on any atom is -0.462 e. The van der Waals surface area contributed by atoms with E-state index < -0.39 is 6.10 Å². The van der Waals surface area contributed by atoms with Gasteiger partial charge in [-0.25, -0.2) is 0 Å². The largest absolute Gasteiger partial charge is 0.462 e. The normalized spacial score (nSPS) is 13.0. The molecule has 0 saturated heterocycles. The van der Waals surface area contributed by atoms with Crippen LogP contribution in [0.15, 0.2) is 122 Å². The van der Waals surface area contributed by atoms with Gasteiger partial charge in [0.25, 0.3) is 0 Å². The summed E-state index contributed by atoms with van der Waals surface area (Å²) in [7, 11) is 0. The summed E-state index contributed by atoms with van der Waals surface area (Å²) in [5.74, 6) is -1.03. The third-order valence-corrected chi connectivity index (χ3v) is 11.4. The van der Waals surface area contributed by atoms with Gasteiger partial charge >= 0.3 is 17.9 Å². The summed E-state index contributed by atoms with van der Waals surface area (Å²) in [6.45, 7) is 6.38. The van der Waals surface area contributed by atoms with Crippen molar-refractivity contribution >= 4 is 17.9 Å². The van der Waals surface area contributed by atoms with Gasteiger partial charge in [0.05, 0.1) is 0 Å². The smallest absolute Gasteiger partial charge is 0.306 e. The first-order valence-corrected chi connectivity index (χ1v) is 28.0. The molecule has 0 spiro atoms. The van der Waals surface area contributed by atoms with Gasteiger partial charge in [0.2, 0.25) is 0 Å². The average molecular weight is 956 g/mol. The molecular formula is C63H102O6. The van der Waals surface area contributed by atoms with Crippen molar-refractivity contribution in [2.45, 2.75) is 245 Å². The van der Waals surface area contributed by atoms with Crippen LogP contribution >= 0.6 is 0 Å². The van der Waals surface area contributed by atoms with Crippen molar-refractivity contribution in [2.75, 3.05) is 13.2 Å². The van der Waals surface area contributed by atoms with Crippen molar-refractivity contribution in [1.82, 2.24) is 0 Å². The Labute approximate surface area is 424 Å². The number of carbonyl (C=O) groups excluding carboxylic acids is 3. The minimum absolute atomic E-state index is 0.115. The molecule has 1 unspecified atom stereocenters. The highest BCUT2D eigenvalue weighted by atomic mass is 16.6. The lowest BCUT2D eigenvalue weighted by atomic mass is 10.1. The number of unbranched alkanes of at least 4 members (excludes halogenated alkanes) is 18. The Morgan fingerprint density at radius 1 is 0.304 bits per heavy atom. The molecule has 0 aromatic rings. The predicted molar refractivity (Wildman–Crippen MR) is 297 cm³/mol. The summed E-state index contributed by atoms with van der Waals surface area (Å²) in [6.07, 6.45) is 77.6. The van der Waals surface area contributed by atoms with Gasteiger partial charge in [-0.3, -0.25) is 14.4 Å². The molecule has 0 aromatic carbocycles. The first kappa shape index (κ1) is 64.8. The lowest BCUT2D eigenvalue weighted by Crippen LogP contribution is -2.30. The van der Waals surface area contributed by atoms with Gasteiger partial charge in [0, 0.05) is 19.3 Å². The van der Waals surface area contributed by atoms with Crippen LogP contribution in [-0.4, -0.2) is 37.2 Å². The van der Waals surface area contributed by atoms with Crippen molar-refractivity contribution in [2.24, 2.45) is 0 Å². The van der Waals surface area contributed by atoms with E-state index in [0.29, 0.717) is 19.3 Å². The van der Waals surface area contributed by atoms with Gasteiger partial charge in [-0.1, -0.05) is 219 Å². The SMILES string of the molecule is CC/C=C\C/C=C\C/C=C\C/C=C\C/C=C\C/C=C\CCC(=O)OCC(COC(=O)CCCCCCC/C=C\C/C=C\CCCCC)OC(=O)CCCCCCCCC/C=C\C/C=C\CCCCC. The molecule has 69 heavy (non-hydrogen) atoms. The molecule has 0 radical (unpaired) electrons. The molecule has 0 heterocycles.